The monoisotopic (exact) mass is 350 g/mol. The summed E-state index contributed by atoms with van der Waals surface area (Å²) in [5.74, 6) is -0.464. The van der Waals surface area contributed by atoms with Crippen LogP contribution in [0.4, 0.5) is 17.1 Å². The zero-order chi connectivity index (χ0) is 15.6. The highest BCUT2D eigenvalue weighted by molar-refractivity contribution is 9.10. The van der Waals surface area contributed by atoms with Crippen LogP contribution < -0.4 is 11.1 Å². The second kappa shape index (κ2) is 5.88. The molecular formula is C13H11BrN4O3. The summed E-state index contributed by atoms with van der Waals surface area (Å²) in [5.41, 5.74) is 6.87. The van der Waals surface area contributed by atoms with Crippen molar-refractivity contribution >= 4 is 38.9 Å². The predicted octanol–water partition coefficient (Wildman–Crippen LogP) is 2.90. The summed E-state index contributed by atoms with van der Waals surface area (Å²) < 4.78 is 0.548. The van der Waals surface area contributed by atoms with Crippen molar-refractivity contribution < 1.29 is 9.72 Å². The lowest BCUT2D eigenvalue weighted by molar-refractivity contribution is -0.385. The molecule has 108 valence electrons. The standard InChI is InChI=1S/C13H11BrN4O3/c1-7-4-9(14)11(5-12(7)18(20)21)17-13(19)8-2-3-16-6-10(8)15/h2-6H,15H2,1H3,(H,17,19). The Morgan fingerprint density at radius 1 is 1.48 bits per heavy atom. The van der Waals surface area contributed by atoms with Crippen LogP contribution in [0.5, 0.6) is 0 Å². The molecule has 1 aromatic heterocycles. The van der Waals surface area contributed by atoms with Crippen molar-refractivity contribution in [3.8, 4) is 0 Å². The molecule has 0 saturated heterocycles. The number of nitro benzene ring substituents is 1. The fourth-order valence-electron chi connectivity index (χ4n) is 1.76. The molecule has 7 nitrogen and oxygen atoms in total. The Bertz CT molecular complexity index is 733. The SMILES string of the molecule is Cc1cc(Br)c(NC(=O)c2ccncc2N)cc1[N+](=O)[O-]. The van der Waals surface area contributed by atoms with Crippen molar-refractivity contribution in [3.63, 3.8) is 0 Å². The number of rotatable bonds is 3. The third kappa shape index (κ3) is 3.16. The third-order valence-corrected chi connectivity index (χ3v) is 3.48. The molecule has 0 bridgehead atoms. The lowest BCUT2D eigenvalue weighted by Crippen LogP contribution is -2.14. The summed E-state index contributed by atoms with van der Waals surface area (Å²) in [7, 11) is 0. The Morgan fingerprint density at radius 3 is 2.81 bits per heavy atom. The van der Waals surface area contributed by atoms with Gasteiger partial charge in [0, 0.05) is 22.3 Å². The number of carbonyl (C=O) groups excluding carboxylic acids is 1. The number of nitrogen functional groups attached to an aromatic ring is 1. The maximum Gasteiger partial charge on any atom is 0.274 e. The Labute approximate surface area is 128 Å². The molecule has 0 unspecified atom stereocenters. The van der Waals surface area contributed by atoms with Gasteiger partial charge >= 0.3 is 0 Å². The van der Waals surface area contributed by atoms with E-state index in [4.69, 9.17) is 5.73 Å². The molecule has 1 aromatic carbocycles. The van der Waals surface area contributed by atoms with Crippen LogP contribution in [0.25, 0.3) is 0 Å². The summed E-state index contributed by atoms with van der Waals surface area (Å²) in [5, 5.41) is 13.5. The van der Waals surface area contributed by atoms with Crippen molar-refractivity contribution in [2.24, 2.45) is 0 Å². The third-order valence-electron chi connectivity index (χ3n) is 2.83. The van der Waals surface area contributed by atoms with E-state index >= 15 is 0 Å². The molecule has 0 aliphatic rings. The van der Waals surface area contributed by atoms with Crippen LogP contribution in [-0.2, 0) is 0 Å². The van der Waals surface area contributed by atoms with E-state index < -0.39 is 10.8 Å². The van der Waals surface area contributed by atoms with Gasteiger partial charge in [-0.3, -0.25) is 19.9 Å². The molecule has 0 saturated carbocycles. The number of aromatic nitrogens is 1. The van der Waals surface area contributed by atoms with Crippen molar-refractivity contribution in [1.29, 1.82) is 0 Å². The summed E-state index contributed by atoms with van der Waals surface area (Å²) in [6.07, 6.45) is 2.81. The van der Waals surface area contributed by atoms with Crippen molar-refractivity contribution in [2.75, 3.05) is 11.1 Å². The number of pyridine rings is 1. The van der Waals surface area contributed by atoms with Gasteiger partial charge in [-0.15, -0.1) is 0 Å². The second-order valence-electron chi connectivity index (χ2n) is 4.29. The molecule has 2 aromatic rings. The quantitative estimate of drug-likeness (QED) is 0.652. The number of hydrogen-bond acceptors (Lipinski definition) is 5. The van der Waals surface area contributed by atoms with E-state index in [9.17, 15) is 14.9 Å². The maximum absolute atomic E-state index is 12.1. The van der Waals surface area contributed by atoms with Gasteiger partial charge in [0.25, 0.3) is 11.6 Å². The van der Waals surface area contributed by atoms with E-state index in [-0.39, 0.29) is 16.9 Å². The first-order valence-electron chi connectivity index (χ1n) is 5.85. The first-order chi connectivity index (χ1) is 9.90. The van der Waals surface area contributed by atoms with Gasteiger partial charge < -0.3 is 11.1 Å². The van der Waals surface area contributed by atoms with Gasteiger partial charge in [-0.1, -0.05) is 0 Å². The minimum absolute atomic E-state index is 0.0730. The number of aryl methyl sites for hydroxylation is 1. The summed E-state index contributed by atoms with van der Waals surface area (Å²) >= 11 is 3.27. The van der Waals surface area contributed by atoms with Gasteiger partial charge in [-0.25, -0.2) is 0 Å². The number of benzene rings is 1. The molecular weight excluding hydrogens is 340 g/mol. The maximum atomic E-state index is 12.1. The molecule has 0 atom stereocenters. The molecule has 1 heterocycles. The number of nitro groups is 1. The largest absolute Gasteiger partial charge is 0.397 e. The van der Waals surface area contributed by atoms with Gasteiger partial charge in [0.1, 0.15) is 0 Å². The summed E-state index contributed by atoms with van der Waals surface area (Å²) in [6.45, 7) is 1.62. The summed E-state index contributed by atoms with van der Waals surface area (Å²) in [6, 6.07) is 4.35. The van der Waals surface area contributed by atoms with Gasteiger partial charge in [-0.2, -0.15) is 0 Å². The van der Waals surface area contributed by atoms with Gasteiger partial charge in [0.2, 0.25) is 0 Å². The van der Waals surface area contributed by atoms with E-state index in [2.05, 4.69) is 26.2 Å². The number of amides is 1. The Balaban J connectivity index is 2.36. The highest BCUT2D eigenvalue weighted by atomic mass is 79.9. The average molecular weight is 351 g/mol. The van der Waals surface area contributed by atoms with Gasteiger partial charge in [0.15, 0.2) is 0 Å². The number of nitrogens with one attached hydrogen (secondary N) is 1. The van der Waals surface area contributed by atoms with E-state index in [0.717, 1.165) is 0 Å². The van der Waals surface area contributed by atoms with Crippen LogP contribution in [-0.4, -0.2) is 15.8 Å². The lowest BCUT2D eigenvalue weighted by Gasteiger charge is -2.10. The van der Waals surface area contributed by atoms with E-state index in [0.29, 0.717) is 15.7 Å². The highest BCUT2D eigenvalue weighted by Gasteiger charge is 2.17. The van der Waals surface area contributed by atoms with Crippen molar-refractivity contribution in [2.45, 2.75) is 6.92 Å². The van der Waals surface area contributed by atoms with Crippen LogP contribution in [0.1, 0.15) is 15.9 Å². The zero-order valence-corrected chi connectivity index (χ0v) is 12.5. The van der Waals surface area contributed by atoms with Crippen LogP contribution in [0, 0.1) is 17.0 Å². The minimum Gasteiger partial charge on any atom is -0.397 e. The topological polar surface area (TPSA) is 111 Å². The van der Waals surface area contributed by atoms with E-state index in [1.807, 2.05) is 0 Å². The smallest absolute Gasteiger partial charge is 0.274 e. The zero-order valence-electron chi connectivity index (χ0n) is 11.0. The molecule has 21 heavy (non-hydrogen) atoms. The molecule has 3 N–H and O–H groups in total. The summed E-state index contributed by atoms with van der Waals surface area (Å²) in [4.78, 5) is 26.4. The van der Waals surface area contributed by atoms with Crippen molar-refractivity contribution in [1.82, 2.24) is 4.98 Å². The molecule has 0 aliphatic carbocycles. The lowest BCUT2D eigenvalue weighted by atomic mass is 10.1. The Hall–Kier alpha value is -2.48. The average Bonchev–Trinajstić information content (AvgIpc) is 2.41. The number of halogens is 1. The first-order valence-corrected chi connectivity index (χ1v) is 6.65. The number of nitrogens with zero attached hydrogens (tertiary/aromatic N) is 2. The molecule has 8 heteroatoms. The van der Waals surface area contributed by atoms with Crippen LogP contribution in [0.2, 0.25) is 0 Å². The van der Waals surface area contributed by atoms with Crippen LogP contribution in [0.15, 0.2) is 35.1 Å². The normalized spacial score (nSPS) is 10.2. The van der Waals surface area contributed by atoms with Gasteiger partial charge in [-0.05, 0) is 35.0 Å². The minimum atomic E-state index is -0.502. The van der Waals surface area contributed by atoms with Gasteiger partial charge in [0.05, 0.1) is 28.1 Å². The van der Waals surface area contributed by atoms with Crippen LogP contribution in [0.3, 0.4) is 0 Å². The Kier molecular flexibility index (Phi) is 4.18. The fraction of sp³-hybridized carbons (Fsp3) is 0.0769. The molecule has 0 spiro atoms. The molecule has 0 fully saturated rings. The molecule has 1 amide bonds. The molecule has 0 radical (unpaired) electrons. The van der Waals surface area contributed by atoms with E-state index in [1.54, 1.807) is 13.0 Å². The highest BCUT2D eigenvalue weighted by Crippen LogP contribution is 2.31. The number of carbonyl (C=O) groups is 1. The molecule has 2 rings (SSSR count). The number of anilines is 2. The van der Waals surface area contributed by atoms with Crippen molar-refractivity contribution in [3.05, 3.63) is 56.3 Å². The first kappa shape index (κ1) is 14.9. The second-order valence-corrected chi connectivity index (χ2v) is 5.15. The van der Waals surface area contributed by atoms with E-state index in [1.165, 1.54) is 24.5 Å². The fourth-order valence-corrected chi connectivity index (χ4v) is 2.31. The number of nitrogens with two attached hydrogens (primary N) is 1. The Morgan fingerprint density at radius 2 is 2.19 bits per heavy atom. The predicted molar refractivity (Wildman–Crippen MR) is 82.1 cm³/mol. The van der Waals surface area contributed by atoms with Crippen LogP contribution >= 0.6 is 15.9 Å². The number of hydrogen-bond donors (Lipinski definition) is 2. The molecule has 0 aliphatic heterocycles.